The van der Waals surface area contributed by atoms with Crippen LogP contribution in [0.4, 0.5) is 5.95 Å². The topological polar surface area (TPSA) is 59.3 Å². The number of likely N-dealkylation sites (tertiary alicyclic amines) is 1. The molecule has 7 heteroatoms. The molecule has 0 N–H and O–H groups in total. The summed E-state index contributed by atoms with van der Waals surface area (Å²) in [5.74, 6) is 1.96. The van der Waals surface area contributed by atoms with Gasteiger partial charge in [-0.1, -0.05) is 12.1 Å². The van der Waals surface area contributed by atoms with Crippen LogP contribution in [0, 0.1) is 6.92 Å². The molecule has 0 amide bonds. The number of hydrogen-bond donors (Lipinski definition) is 0. The zero-order valence-corrected chi connectivity index (χ0v) is 18.5. The van der Waals surface area contributed by atoms with Gasteiger partial charge in [0.05, 0.1) is 19.0 Å². The van der Waals surface area contributed by atoms with Gasteiger partial charge in [-0.05, 0) is 37.6 Å². The van der Waals surface area contributed by atoms with E-state index in [2.05, 4.69) is 34.0 Å². The molecule has 3 heterocycles. The highest BCUT2D eigenvalue weighted by molar-refractivity contribution is 5.68. The highest BCUT2D eigenvalue weighted by Crippen LogP contribution is 2.35. The minimum absolute atomic E-state index is 0.366. The van der Waals surface area contributed by atoms with E-state index in [9.17, 15) is 0 Å². The lowest BCUT2D eigenvalue weighted by molar-refractivity contribution is 0.325. The molecular formula is C23H30N6O. The second kappa shape index (κ2) is 8.44. The summed E-state index contributed by atoms with van der Waals surface area (Å²) in [5.41, 5.74) is 5.82. The molecule has 1 saturated heterocycles. The van der Waals surface area contributed by atoms with Crippen molar-refractivity contribution in [2.75, 3.05) is 39.2 Å². The molecule has 3 aromatic rings. The lowest BCUT2D eigenvalue weighted by Gasteiger charge is -2.19. The fourth-order valence-electron chi connectivity index (χ4n) is 4.06. The van der Waals surface area contributed by atoms with Crippen molar-refractivity contribution in [3.8, 4) is 16.9 Å². The number of ether oxygens (including phenoxy) is 1. The third kappa shape index (κ3) is 4.03. The fourth-order valence-corrected chi connectivity index (χ4v) is 4.06. The Labute approximate surface area is 178 Å². The Balaban J connectivity index is 1.63. The van der Waals surface area contributed by atoms with Crippen LogP contribution in [0.5, 0.6) is 5.75 Å². The molecule has 1 aromatic carbocycles. The third-order valence-electron chi connectivity index (χ3n) is 5.98. The van der Waals surface area contributed by atoms with Crippen LogP contribution in [0.3, 0.4) is 0 Å². The van der Waals surface area contributed by atoms with Gasteiger partial charge < -0.3 is 9.64 Å². The van der Waals surface area contributed by atoms with Crippen LogP contribution in [0.1, 0.15) is 29.3 Å². The van der Waals surface area contributed by atoms with Gasteiger partial charge in [0.2, 0.25) is 5.95 Å². The molecule has 2 aromatic heterocycles. The van der Waals surface area contributed by atoms with Gasteiger partial charge in [-0.2, -0.15) is 5.10 Å². The van der Waals surface area contributed by atoms with E-state index in [-0.39, 0.29) is 0 Å². The van der Waals surface area contributed by atoms with E-state index in [1.165, 1.54) is 11.3 Å². The third-order valence-corrected chi connectivity index (χ3v) is 5.98. The van der Waals surface area contributed by atoms with Crippen molar-refractivity contribution in [3.05, 3.63) is 53.6 Å². The Bertz CT molecular complexity index is 1030. The minimum Gasteiger partial charge on any atom is -0.497 e. The lowest BCUT2D eigenvalue weighted by atomic mass is 9.96. The molecule has 0 radical (unpaired) electrons. The molecule has 0 aliphatic carbocycles. The van der Waals surface area contributed by atoms with Crippen molar-refractivity contribution in [1.29, 1.82) is 0 Å². The summed E-state index contributed by atoms with van der Waals surface area (Å²) < 4.78 is 7.38. The average molecular weight is 407 g/mol. The molecule has 1 aliphatic rings. The number of nitrogens with zero attached hydrogens (tertiary/aromatic N) is 6. The van der Waals surface area contributed by atoms with Gasteiger partial charge >= 0.3 is 0 Å². The van der Waals surface area contributed by atoms with E-state index < -0.39 is 0 Å². The monoisotopic (exact) mass is 406 g/mol. The highest BCUT2D eigenvalue weighted by Gasteiger charge is 2.28. The second-order valence-electron chi connectivity index (χ2n) is 8.19. The molecule has 4 rings (SSSR count). The summed E-state index contributed by atoms with van der Waals surface area (Å²) >= 11 is 0. The van der Waals surface area contributed by atoms with Crippen molar-refractivity contribution in [3.63, 3.8) is 0 Å². The van der Waals surface area contributed by atoms with Crippen LogP contribution in [-0.4, -0.2) is 58.9 Å². The number of hydrogen-bond acceptors (Lipinski definition) is 6. The van der Waals surface area contributed by atoms with Crippen molar-refractivity contribution >= 4 is 5.95 Å². The molecular weight excluding hydrogens is 376 g/mol. The van der Waals surface area contributed by atoms with Gasteiger partial charge in [0.25, 0.3) is 0 Å². The predicted octanol–water partition coefficient (Wildman–Crippen LogP) is 3.25. The molecule has 30 heavy (non-hydrogen) atoms. The van der Waals surface area contributed by atoms with Crippen molar-refractivity contribution in [1.82, 2.24) is 24.6 Å². The fraction of sp³-hybridized carbons (Fsp3) is 0.435. The van der Waals surface area contributed by atoms with Crippen LogP contribution >= 0.6 is 0 Å². The second-order valence-corrected chi connectivity index (χ2v) is 8.19. The first-order valence-electron chi connectivity index (χ1n) is 10.3. The smallest absolute Gasteiger partial charge is 0.225 e. The van der Waals surface area contributed by atoms with Crippen LogP contribution in [0.2, 0.25) is 0 Å². The molecule has 0 bridgehead atoms. The zero-order valence-electron chi connectivity index (χ0n) is 18.5. The number of methoxy groups -OCH3 is 1. The Morgan fingerprint density at radius 3 is 2.77 bits per heavy atom. The SMILES string of the molecule is COc1cccc(-c2cnc(N(C)C)nc2[C@@H]2CCN(Cc3cnn(C)c3C)C2)c1. The summed E-state index contributed by atoms with van der Waals surface area (Å²) in [6.07, 6.45) is 5.03. The van der Waals surface area contributed by atoms with Crippen molar-refractivity contribution in [2.45, 2.75) is 25.8 Å². The largest absolute Gasteiger partial charge is 0.497 e. The van der Waals surface area contributed by atoms with E-state index in [1.54, 1.807) is 7.11 Å². The summed E-state index contributed by atoms with van der Waals surface area (Å²) in [7, 11) is 7.66. The maximum Gasteiger partial charge on any atom is 0.225 e. The highest BCUT2D eigenvalue weighted by atomic mass is 16.5. The number of aryl methyl sites for hydroxylation is 1. The quantitative estimate of drug-likeness (QED) is 0.626. The van der Waals surface area contributed by atoms with E-state index in [0.717, 1.165) is 54.6 Å². The summed E-state index contributed by atoms with van der Waals surface area (Å²) in [6, 6.07) is 8.14. The maximum atomic E-state index is 5.44. The lowest BCUT2D eigenvalue weighted by Crippen LogP contribution is -2.21. The molecule has 0 spiro atoms. The van der Waals surface area contributed by atoms with Gasteiger partial charge in [0, 0.05) is 63.2 Å². The van der Waals surface area contributed by atoms with Crippen molar-refractivity contribution in [2.24, 2.45) is 7.05 Å². The van der Waals surface area contributed by atoms with Crippen LogP contribution in [-0.2, 0) is 13.6 Å². The minimum atomic E-state index is 0.366. The van der Waals surface area contributed by atoms with Gasteiger partial charge in [0.15, 0.2) is 0 Å². The standard InChI is InChI=1S/C23H30N6O/c1-16-19(12-25-28(16)4)15-29-10-9-18(14-29)22-21(13-24-23(26-22)27(2)3)17-7-6-8-20(11-17)30-5/h6-8,11-13,18H,9-10,14-15H2,1-5H3/t18-/m1/s1. The van der Waals surface area contributed by atoms with E-state index in [0.29, 0.717) is 5.92 Å². The van der Waals surface area contributed by atoms with Gasteiger partial charge in [-0.15, -0.1) is 0 Å². The van der Waals surface area contributed by atoms with E-state index >= 15 is 0 Å². The Kier molecular flexibility index (Phi) is 5.72. The van der Waals surface area contributed by atoms with Gasteiger partial charge in [0.1, 0.15) is 5.75 Å². The zero-order chi connectivity index (χ0) is 21.3. The van der Waals surface area contributed by atoms with Crippen LogP contribution < -0.4 is 9.64 Å². The summed E-state index contributed by atoms with van der Waals surface area (Å²) in [4.78, 5) is 14.0. The first kappa shape index (κ1) is 20.3. The first-order chi connectivity index (χ1) is 14.5. The molecule has 1 atom stereocenters. The summed E-state index contributed by atoms with van der Waals surface area (Å²) in [6.45, 7) is 5.09. The molecule has 158 valence electrons. The number of rotatable bonds is 6. The normalized spacial score (nSPS) is 16.8. The van der Waals surface area contributed by atoms with E-state index in [4.69, 9.17) is 9.72 Å². The Hall–Kier alpha value is -2.93. The summed E-state index contributed by atoms with van der Waals surface area (Å²) in [5, 5.41) is 4.39. The average Bonchev–Trinajstić information content (AvgIpc) is 3.35. The van der Waals surface area contributed by atoms with Crippen LogP contribution in [0.25, 0.3) is 11.1 Å². The van der Waals surface area contributed by atoms with Crippen LogP contribution in [0.15, 0.2) is 36.7 Å². The number of aromatic nitrogens is 4. The molecule has 1 aliphatic heterocycles. The van der Waals surface area contributed by atoms with E-state index in [1.807, 2.05) is 55.3 Å². The number of anilines is 1. The molecule has 1 fully saturated rings. The Morgan fingerprint density at radius 1 is 1.23 bits per heavy atom. The van der Waals surface area contributed by atoms with Gasteiger partial charge in [-0.25, -0.2) is 9.97 Å². The predicted molar refractivity (Wildman–Crippen MR) is 119 cm³/mol. The maximum absolute atomic E-state index is 5.44. The number of benzene rings is 1. The molecule has 0 saturated carbocycles. The molecule has 7 nitrogen and oxygen atoms in total. The van der Waals surface area contributed by atoms with Gasteiger partial charge in [-0.3, -0.25) is 9.58 Å². The van der Waals surface area contributed by atoms with Crippen molar-refractivity contribution < 1.29 is 4.74 Å². The first-order valence-corrected chi connectivity index (χ1v) is 10.3. The molecule has 0 unspecified atom stereocenters. The Morgan fingerprint density at radius 2 is 2.07 bits per heavy atom.